The summed E-state index contributed by atoms with van der Waals surface area (Å²) in [4.78, 5) is 20.6. The Kier molecular flexibility index (Phi) is 7.22. The third-order valence-corrected chi connectivity index (χ3v) is 6.65. The normalized spacial score (nSPS) is 16.8. The van der Waals surface area contributed by atoms with Crippen molar-refractivity contribution in [3.8, 4) is 0 Å². The van der Waals surface area contributed by atoms with Crippen LogP contribution in [0.3, 0.4) is 0 Å². The van der Waals surface area contributed by atoms with Crippen molar-refractivity contribution in [2.75, 3.05) is 13.1 Å². The molecule has 1 saturated heterocycles. The van der Waals surface area contributed by atoms with Gasteiger partial charge in [0.1, 0.15) is 5.82 Å². The molecule has 4 nitrogen and oxygen atoms in total. The smallest absolute Gasteiger partial charge is 0.264 e. The summed E-state index contributed by atoms with van der Waals surface area (Å²) in [6, 6.07) is 11.0. The first-order valence-corrected chi connectivity index (χ1v) is 10.6. The molecule has 1 atom stereocenters. The number of halogens is 2. The van der Waals surface area contributed by atoms with Gasteiger partial charge in [0.15, 0.2) is 0 Å². The van der Waals surface area contributed by atoms with Crippen LogP contribution in [0.25, 0.3) is 10.1 Å². The number of pyridine rings is 1. The number of thiophene rings is 1. The molecule has 1 aliphatic rings. The Morgan fingerprint density at radius 2 is 2.10 bits per heavy atom. The first-order valence-electron chi connectivity index (χ1n) is 9.74. The van der Waals surface area contributed by atoms with E-state index in [0.717, 1.165) is 48.3 Å². The standard InChI is InChI=1S/C22H24FN3OS.ClH/c1-15-20-18(23)8-4-9-19(20)28-21(15)22(27)26(14-16-6-2-3-12-25-16)17-7-5-11-24-13-10-17;/h2-4,6,8-9,12,17,24H,5,7,10-11,13-14H2,1H3;1H. The highest BCUT2D eigenvalue weighted by Crippen LogP contribution is 2.34. The first kappa shape index (κ1) is 21.7. The topological polar surface area (TPSA) is 45.2 Å². The number of nitrogens with one attached hydrogen (secondary N) is 1. The van der Waals surface area contributed by atoms with Crippen LogP contribution in [0.15, 0.2) is 42.6 Å². The Hall–Kier alpha value is -2.02. The van der Waals surface area contributed by atoms with E-state index < -0.39 is 0 Å². The van der Waals surface area contributed by atoms with E-state index in [-0.39, 0.29) is 30.2 Å². The molecule has 0 radical (unpaired) electrons. The molecule has 1 aromatic carbocycles. The molecule has 29 heavy (non-hydrogen) atoms. The fraction of sp³-hybridized carbons (Fsp3) is 0.364. The lowest BCUT2D eigenvalue weighted by Gasteiger charge is -2.31. The van der Waals surface area contributed by atoms with E-state index in [0.29, 0.717) is 16.8 Å². The predicted molar refractivity (Wildman–Crippen MR) is 118 cm³/mol. The Morgan fingerprint density at radius 3 is 2.86 bits per heavy atom. The number of amides is 1. The summed E-state index contributed by atoms with van der Waals surface area (Å²) >= 11 is 1.39. The van der Waals surface area contributed by atoms with Gasteiger partial charge in [0, 0.05) is 22.3 Å². The van der Waals surface area contributed by atoms with Crippen LogP contribution in [-0.4, -0.2) is 34.9 Å². The lowest BCUT2D eigenvalue weighted by molar-refractivity contribution is 0.0647. The van der Waals surface area contributed by atoms with E-state index in [1.165, 1.54) is 17.4 Å². The van der Waals surface area contributed by atoms with Crippen molar-refractivity contribution in [2.24, 2.45) is 0 Å². The average molecular weight is 434 g/mol. The Balaban J connectivity index is 0.00000240. The molecule has 4 rings (SSSR count). The molecule has 0 saturated carbocycles. The number of aryl methyl sites for hydroxylation is 1. The summed E-state index contributed by atoms with van der Waals surface area (Å²) in [5.41, 5.74) is 1.61. The van der Waals surface area contributed by atoms with Gasteiger partial charge >= 0.3 is 0 Å². The summed E-state index contributed by atoms with van der Waals surface area (Å²) in [7, 11) is 0. The van der Waals surface area contributed by atoms with E-state index >= 15 is 0 Å². The molecule has 0 bridgehead atoms. The van der Waals surface area contributed by atoms with E-state index in [4.69, 9.17) is 0 Å². The lowest BCUT2D eigenvalue weighted by Crippen LogP contribution is -2.40. The SMILES string of the molecule is Cc1c(C(=O)N(Cc2ccccn2)C2CCCNCC2)sc2cccc(F)c12.Cl. The molecule has 0 spiro atoms. The van der Waals surface area contributed by atoms with Gasteiger partial charge in [-0.05, 0) is 69.1 Å². The van der Waals surface area contributed by atoms with Crippen LogP contribution in [0.4, 0.5) is 4.39 Å². The molecule has 1 fully saturated rings. The molecular formula is C22H25ClFN3OS. The molecule has 154 valence electrons. The van der Waals surface area contributed by atoms with Gasteiger partial charge in [-0.15, -0.1) is 23.7 Å². The predicted octanol–water partition coefficient (Wildman–Crippen LogP) is 4.95. The highest BCUT2D eigenvalue weighted by atomic mass is 35.5. The third kappa shape index (κ3) is 4.60. The minimum Gasteiger partial charge on any atom is -0.329 e. The number of hydrogen-bond donors (Lipinski definition) is 1. The Morgan fingerprint density at radius 1 is 1.24 bits per heavy atom. The fourth-order valence-electron chi connectivity index (χ4n) is 3.93. The van der Waals surface area contributed by atoms with Crippen LogP contribution in [0, 0.1) is 12.7 Å². The molecule has 1 amide bonds. The summed E-state index contributed by atoms with van der Waals surface area (Å²) in [5.74, 6) is -0.282. The van der Waals surface area contributed by atoms with Gasteiger partial charge in [-0.1, -0.05) is 12.1 Å². The summed E-state index contributed by atoms with van der Waals surface area (Å²) in [6.45, 7) is 4.20. The first-order chi connectivity index (χ1) is 13.6. The van der Waals surface area contributed by atoms with Gasteiger partial charge in [-0.3, -0.25) is 9.78 Å². The maximum Gasteiger partial charge on any atom is 0.264 e. The third-order valence-electron chi connectivity index (χ3n) is 5.40. The average Bonchev–Trinajstić information content (AvgIpc) is 2.88. The second-order valence-corrected chi connectivity index (χ2v) is 8.31. The monoisotopic (exact) mass is 433 g/mol. The van der Waals surface area contributed by atoms with Gasteiger partial charge < -0.3 is 10.2 Å². The zero-order valence-corrected chi connectivity index (χ0v) is 18.0. The van der Waals surface area contributed by atoms with Gasteiger partial charge in [-0.25, -0.2) is 4.39 Å². The van der Waals surface area contributed by atoms with Gasteiger partial charge in [-0.2, -0.15) is 0 Å². The van der Waals surface area contributed by atoms with Crippen molar-refractivity contribution in [2.45, 2.75) is 38.8 Å². The van der Waals surface area contributed by atoms with Crippen molar-refractivity contribution in [1.29, 1.82) is 0 Å². The minimum absolute atomic E-state index is 0. The van der Waals surface area contributed by atoms with Gasteiger partial charge in [0.25, 0.3) is 5.91 Å². The van der Waals surface area contributed by atoms with Gasteiger partial charge in [0.2, 0.25) is 0 Å². The second-order valence-electron chi connectivity index (χ2n) is 7.26. The highest BCUT2D eigenvalue weighted by Gasteiger charge is 2.29. The molecular weight excluding hydrogens is 409 g/mol. The van der Waals surface area contributed by atoms with Crippen LogP contribution < -0.4 is 5.32 Å². The second kappa shape index (κ2) is 9.65. The molecule has 1 aliphatic heterocycles. The molecule has 0 aliphatic carbocycles. The van der Waals surface area contributed by atoms with Gasteiger partial charge in [0.05, 0.1) is 17.1 Å². The van der Waals surface area contributed by atoms with E-state index in [9.17, 15) is 9.18 Å². The molecule has 1 unspecified atom stereocenters. The molecule has 3 aromatic rings. The van der Waals surface area contributed by atoms with Crippen LogP contribution in [0.2, 0.25) is 0 Å². The molecule has 2 aromatic heterocycles. The summed E-state index contributed by atoms with van der Waals surface area (Å²) in [6.07, 6.45) is 4.67. The van der Waals surface area contributed by atoms with Crippen molar-refractivity contribution >= 4 is 39.7 Å². The molecule has 1 N–H and O–H groups in total. The van der Waals surface area contributed by atoms with Crippen molar-refractivity contribution in [3.63, 3.8) is 0 Å². The van der Waals surface area contributed by atoms with Crippen LogP contribution >= 0.6 is 23.7 Å². The number of carbonyl (C=O) groups excluding carboxylic acids is 1. The van der Waals surface area contributed by atoms with E-state index in [1.54, 1.807) is 12.3 Å². The number of carbonyl (C=O) groups is 1. The maximum atomic E-state index is 14.3. The minimum atomic E-state index is -0.264. The van der Waals surface area contributed by atoms with Crippen LogP contribution in [0.5, 0.6) is 0 Å². The zero-order valence-electron chi connectivity index (χ0n) is 16.4. The van der Waals surface area contributed by atoms with Crippen molar-refractivity contribution in [3.05, 3.63) is 64.5 Å². The Bertz CT molecular complexity index is 971. The number of fused-ring (bicyclic) bond motifs is 1. The summed E-state index contributed by atoms with van der Waals surface area (Å²) in [5, 5.41) is 3.98. The number of rotatable bonds is 4. The molecule has 3 heterocycles. The molecule has 7 heteroatoms. The number of hydrogen-bond acceptors (Lipinski definition) is 4. The quantitative estimate of drug-likeness (QED) is 0.633. The van der Waals surface area contributed by atoms with Crippen LogP contribution in [-0.2, 0) is 6.54 Å². The zero-order chi connectivity index (χ0) is 19.5. The number of benzene rings is 1. The van der Waals surface area contributed by atoms with Crippen LogP contribution in [0.1, 0.15) is 40.2 Å². The number of aromatic nitrogens is 1. The van der Waals surface area contributed by atoms with E-state index in [2.05, 4.69) is 10.3 Å². The largest absolute Gasteiger partial charge is 0.329 e. The number of nitrogens with zero attached hydrogens (tertiary/aromatic N) is 2. The maximum absolute atomic E-state index is 14.3. The Labute approximate surface area is 180 Å². The van der Waals surface area contributed by atoms with Crippen molar-refractivity contribution in [1.82, 2.24) is 15.2 Å². The van der Waals surface area contributed by atoms with E-state index in [1.807, 2.05) is 36.1 Å². The lowest BCUT2D eigenvalue weighted by atomic mass is 10.1. The summed E-state index contributed by atoms with van der Waals surface area (Å²) < 4.78 is 15.2. The van der Waals surface area contributed by atoms with Crippen molar-refractivity contribution < 1.29 is 9.18 Å². The fourth-order valence-corrected chi connectivity index (χ4v) is 5.11. The highest BCUT2D eigenvalue weighted by molar-refractivity contribution is 7.21.